The van der Waals surface area contributed by atoms with Crippen LogP contribution in [-0.2, 0) is 11.0 Å². The first kappa shape index (κ1) is 25.2. The number of nitrogens with two attached hydrogens (primary N) is 1. The van der Waals surface area contributed by atoms with E-state index in [2.05, 4.69) is 25.5 Å². The molecule has 0 atom stereocenters. The number of piperidine rings is 1. The normalized spacial score (nSPS) is 14.9. The Morgan fingerprint density at radius 3 is 2.31 bits per heavy atom. The molecule has 1 saturated heterocycles. The molecule has 36 heavy (non-hydrogen) atoms. The number of amides is 1. The fourth-order valence-corrected chi connectivity index (χ4v) is 4.02. The van der Waals surface area contributed by atoms with Crippen LogP contribution in [0.2, 0.25) is 0 Å². The summed E-state index contributed by atoms with van der Waals surface area (Å²) in [5, 5.41) is 5.42. The number of aliphatic imine (C=N–C) groups is 1. The molecule has 1 aromatic heterocycles. The quantitative estimate of drug-likeness (QED) is 0.320. The third-order valence-corrected chi connectivity index (χ3v) is 5.80. The highest BCUT2D eigenvalue weighted by atomic mass is 19.4. The lowest BCUT2D eigenvalue weighted by molar-refractivity contribution is -0.136. The topological polar surface area (TPSA) is 95.6 Å². The molecule has 3 aromatic rings. The molecule has 1 fully saturated rings. The summed E-state index contributed by atoms with van der Waals surface area (Å²) in [5.74, 6) is 0.00372. The minimum Gasteiger partial charge on any atom is -0.369 e. The van der Waals surface area contributed by atoms with E-state index in [-0.39, 0.29) is 23.4 Å². The summed E-state index contributed by atoms with van der Waals surface area (Å²) in [6.45, 7) is 2.32. The monoisotopic (exact) mass is 496 g/mol. The molecular formula is C26H27F3N6O. The Labute approximate surface area is 207 Å². The number of carbonyl (C=O) groups is 1. The lowest BCUT2D eigenvalue weighted by Gasteiger charge is -2.25. The van der Waals surface area contributed by atoms with Gasteiger partial charge in [0, 0.05) is 17.4 Å². The predicted molar refractivity (Wildman–Crippen MR) is 135 cm³/mol. The van der Waals surface area contributed by atoms with Crippen molar-refractivity contribution in [2.24, 2.45) is 10.7 Å². The lowest BCUT2D eigenvalue weighted by Crippen LogP contribution is -2.36. The molecule has 4 N–H and O–H groups in total. The van der Waals surface area contributed by atoms with Crippen LogP contribution in [0.4, 0.5) is 30.4 Å². The number of nitrogens with zero attached hydrogens (tertiary/aromatic N) is 3. The molecule has 0 bridgehead atoms. The Kier molecular flexibility index (Phi) is 7.84. The number of hydrogen-bond donors (Lipinski definition) is 3. The number of rotatable bonds is 6. The first-order chi connectivity index (χ1) is 17.3. The van der Waals surface area contributed by atoms with E-state index in [9.17, 15) is 18.0 Å². The zero-order chi connectivity index (χ0) is 25.5. The van der Waals surface area contributed by atoms with Crippen molar-refractivity contribution in [2.45, 2.75) is 25.4 Å². The zero-order valence-electron chi connectivity index (χ0n) is 19.6. The summed E-state index contributed by atoms with van der Waals surface area (Å²) < 4.78 is 39.5. The van der Waals surface area contributed by atoms with E-state index in [1.807, 2.05) is 24.3 Å². The lowest BCUT2D eigenvalue weighted by atomic mass is 10.1. The number of carbonyl (C=O) groups excluding carboxylic acids is 1. The number of hydrogen-bond acceptors (Lipinski definition) is 4. The number of aromatic nitrogens is 1. The van der Waals surface area contributed by atoms with Gasteiger partial charge in [0.05, 0.1) is 17.8 Å². The largest absolute Gasteiger partial charge is 0.418 e. The van der Waals surface area contributed by atoms with Crippen LogP contribution in [0.3, 0.4) is 0 Å². The standard InChI is InChI=1S/C26H27F3N6O/c27-26(28,29)21-6-2-3-7-22(21)33-25(30)34-23-13-10-19(16-31-23)18-8-11-20(12-9-18)32-24(36)17-35-14-4-1-5-15-35/h2-3,6-13,16H,1,4-5,14-15,17H2,(H,32,36)(H3,30,31,33,34). The summed E-state index contributed by atoms with van der Waals surface area (Å²) >= 11 is 0. The first-order valence-electron chi connectivity index (χ1n) is 11.6. The fourth-order valence-electron chi connectivity index (χ4n) is 4.02. The molecule has 0 saturated carbocycles. The maximum absolute atomic E-state index is 13.2. The van der Waals surface area contributed by atoms with Crippen molar-refractivity contribution in [3.05, 3.63) is 72.4 Å². The highest BCUT2D eigenvalue weighted by Gasteiger charge is 2.33. The van der Waals surface area contributed by atoms with Crippen molar-refractivity contribution < 1.29 is 18.0 Å². The number of benzene rings is 2. The number of anilines is 2. The van der Waals surface area contributed by atoms with E-state index < -0.39 is 11.7 Å². The molecule has 4 rings (SSSR count). The fraction of sp³-hybridized carbons (Fsp3) is 0.269. The molecule has 2 heterocycles. The van der Waals surface area contributed by atoms with Crippen molar-refractivity contribution in [3.8, 4) is 11.1 Å². The molecule has 188 valence electrons. The van der Waals surface area contributed by atoms with Crippen LogP contribution in [0.1, 0.15) is 24.8 Å². The van der Waals surface area contributed by atoms with Gasteiger partial charge in [0.15, 0.2) is 11.8 Å². The second kappa shape index (κ2) is 11.2. The minimum absolute atomic E-state index is 0.0300. The zero-order valence-corrected chi connectivity index (χ0v) is 19.6. The highest BCUT2D eigenvalue weighted by molar-refractivity contribution is 5.94. The maximum atomic E-state index is 13.2. The second-order valence-electron chi connectivity index (χ2n) is 8.53. The van der Waals surface area contributed by atoms with Crippen LogP contribution in [0.25, 0.3) is 11.1 Å². The summed E-state index contributed by atoms with van der Waals surface area (Å²) in [6.07, 6.45) is 0.572. The third-order valence-electron chi connectivity index (χ3n) is 5.80. The van der Waals surface area contributed by atoms with E-state index in [0.717, 1.165) is 43.1 Å². The molecule has 7 nitrogen and oxygen atoms in total. The highest BCUT2D eigenvalue weighted by Crippen LogP contribution is 2.34. The Hall–Kier alpha value is -3.92. The maximum Gasteiger partial charge on any atom is 0.418 e. The van der Waals surface area contributed by atoms with E-state index in [0.29, 0.717) is 12.2 Å². The number of alkyl halides is 3. The van der Waals surface area contributed by atoms with Gasteiger partial charge >= 0.3 is 6.18 Å². The molecule has 1 amide bonds. The van der Waals surface area contributed by atoms with Crippen LogP contribution in [0.5, 0.6) is 0 Å². The molecule has 1 aliphatic rings. The average molecular weight is 497 g/mol. The number of halogens is 3. The van der Waals surface area contributed by atoms with Crippen LogP contribution in [0.15, 0.2) is 71.9 Å². The van der Waals surface area contributed by atoms with Gasteiger partial charge in [0.1, 0.15) is 0 Å². The number of nitrogens with one attached hydrogen (secondary N) is 2. The van der Waals surface area contributed by atoms with Gasteiger partial charge in [0.25, 0.3) is 0 Å². The SMILES string of the molecule is NC(=Nc1ccc(-c2ccc(NC(=O)CN3CCCCC3)cc2)cn1)Nc1ccccc1C(F)(F)F. The molecule has 0 unspecified atom stereocenters. The van der Waals surface area contributed by atoms with Crippen molar-refractivity contribution in [1.82, 2.24) is 9.88 Å². The predicted octanol–water partition coefficient (Wildman–Crippen LogP) is 5.25. The van der Waals surface area contributed by atoms with Crippen LogP contribution >= 0.6 is 0 Å². The van der Waals surface area contributed by atoms with Crippen LogP contribution < -0.4 is 16.4 Å². The second-order valence-corrected chi connectivity index (χ2v) is 8.53. The summed E-state index contributed by atoms with van der Waals surface area (Å²) in [4.78, 5) is 22.8. The third kappa shape index (κ3) is 6.82. The van der Waals surface area contributed by atoms with Gasteiger partial charge in [-0.1, -0.05) is 30.7 Å². The summed E-state index contributed by atoms with van der Waals surface area (Å²) in [7, 11) is 0. The Balaban J connectivity index is 1.36. The van der Waals surface area contributed by atoms with Crippen LogP contribution in [-0.4, -0.2) is 41.4 Å². The van der Waals surface area contributed by atoms with E-state index in [1.165, 1.54) is 24.6 Å². The van der Waals surface area contributed by atoms with Gasteiger partial charge in [-0.2, -0.15) is 18.2 Å². The average Bonchev–Trinajstić information content (AvgIpc) is 2.85. The van der Waals surface area contributed by atoms with Gasteiger partial charge < -0.3 is 16.4 Å². The number of para-hydroxylation sites is 1. The molecule has 0 spiro atoms. The summed E-state index contributed by atoms with van der Waals surface area (Å²) in [5.41, 5.74) is 7.20. The van der Waals surface area contributed by atoms with E-state index in [1.54, 1.807) is 18.3 Å². The van der Waals surface area contributed by atoms with E-state index >= 15 is 0 Å². The Morgan fingerprint density at radius 2 is 1.64 bits per heavy atom. The smallest absolute Gasteiger partial charge is 0.369 e. The summed E-state index contributed by atoms with van der Waals surface area (Å²) in [6, 6.07) is 15.8. The van der Waals surface area contributed by atoms with Crippen molar-refractivity contribution in [1.29, 1.82) is 0 Å². The molecule has 0 aliphatic carbocycles. The molecule has 1 aliphatic heterocycles. The van der Waals surface area contributed by atoms with Gasteiger partial charge in [-0.05, 0) is 67.9 Å². The number of guanidine groups is 1. The first-order valence-corrected chi connectivity index (χ1v) is 11.6. The Bertz CT molecular complexity index is 1200. The van der Waals surface area contributed by atoms with Gasteiger partial charge in [-0.3, -0.25) is 9.69 Å². The molecule has 2 aromatic carbocycles. The minimum atomic E-state index is -4.52. The number of likely N-dealkylation sites (tertiary alicyclic amines) is 1. The van der Waals surface area contributed by atoms with Crippen molar-refractivity contribution in [3.63, 3.8) is 0 Å². The van der Waals surface area contributed by atoms with Gasteiger partial charge in [-0.25, -0.2) is 4.98 Å². The molecule has 0 radical (unpaired) electrons. The number of pyridine rings is 1. The van der Waals surface area contributed by atoms with Crippen LogP contribution in [0, 0.1) is 0 Å². The van der Waals surface area contributed by atoms with Gasteiger partial charge in [0.2, 0.25) is 5.91 Å². The van der Waals surface area contributed by atoms with Crippen molar-refractivity contribution >= 4 is 29.1 Å². The Morgan fingerprint density at radius 1 is 0.944 bits per heavy atom. The van der Waals surface area contributed by atoms with E-state index in [4.69, 9.17) is 5.73 Å². The molecular weight excluding hydrogens is 469 g/mol. The van der Waals surface area contributed by atoms with Crippen molar-refractivity contribution in [2.75, 3.05) is 30.3 Å². The molecule has 10 heteroatoms. The van der Waals surface area contributed by atoms with Gasteiger partial charge in [-0.15, -0.1) is 0 Å².